The fraction of sp³-hybridized carbons (Fsp3) is 0.545. The number of carboxylic acid groups (broad SMARTS) is 1. The number of hydrogen-bond acceptors (Lipinski definition) is 4. The van der Waals surface area contributed by atoms with E-state index in [-0.39, 0.29) is 6.42 Å². The Morgan fingerprint density at radius 3 is 2.29 bits per heavy atom. The molecular weight excluding hydrogens is 224 g/mol. The maximum Gasteiger partial charge on any atom is 0.330 e. The molecule has 0 aliphatic carbocycles. The van der Waals surface area contributed by atoms with Gasteiger partial charge < -0.3 is 14.5 Å². The van der Waals surface area contributed by atoms with Crippen LogP contribution in [0.2, 0.25) is 0 Å². The second-order valence-electron chi connectivity index (χ2n) is 4.18. The molecule has 0 unspecified atom stereocenters. The largest absolute Gasteiger partial charge is 0.550 e. The minimum Gasteiger partial charge on any atom is -0.550 e. The van der Waals surface area contributed by atoms with Gasteiger partial charge in [-0.05, 0) is 19.3 Å². The number of hydrogen-bond donors (Lipinski definition) is 0. The Hall–Kier alpha value is -1.85. The van der Waals surface area contributed by atoms with E-state index >= 15 is 0 Å². The molecule has 0 aliphatic rings. The molecule has 0 saturated carbocycles. The van der Waals surface area contributed by atoms with E-state index in [4.69, 9.17) is 0 Å². The second-order valence-corrected chi connectivity index (χ2v) is 4.18. The molecule has 0 aliphatic heterocycles. The lowest BCUT2D eigenvalue weighted by molar-refractivity contribution is -0.306. The van der Waals surface area contributed by atoms with Crippen molar-refractivity contribution in [1.29, 1.82) is 0 Å². The molecule has 0 N–H and O–H groups in total. The van der Waals surface area contributed by atoms with Gasteiger partial charge in [0.1, 0.15) is 0 Å². The van der Waals surface area contributed by atoms with Crippen molar-refractivity contribution in [3.63, 3.8) is 0 Å². The number of aromatic nitrogens is 2. The molecule has 0 bridgehead atoms. The first kappa shape index (κ1) is 13.2. The van der Waals surface area contributed by atoms with Gasteiger partial charge in [0.25, 0.3) is 5.56 Å². The molecule has 1 aromatic rings. The molecule has 0 radical (unpaired) electrons. The summed E-state index contributed by atoms with van der Waals surface area (Å²) < 4.78 is 2.32. The lowest BCUT2D eigenvalue weighted by atomic mass is 9.97. The highest BCUT2D eigenvalue weighted by Crippen LogP contribution is 2.17. The topological polar surface area (TPSA) is 84.1 Å². The highest BCUT2D eigenvalue weighted by molar-refractivity contribution is 5.65. The SMILES string of the molecule is Cc1c([C@@H](C)CC(=O)[O-])c(=O)n(C)c(=O)n1C. The summed E-state index contributed by atoms with van der Waals surface area (Å²) in [7, 11) is 2.92. The Labute approximate surface area is 98.1 Å². The van der Waals surface area contributed by atoms with E-state index in [0.29, 0.717) is 11.3 Å². The van der Waals surface area contributed by atoms with Gasteiger partial charge in [-0.1, -0.05) is 6.92 Å². The Morgan fingerprint density at radius 2 is 1.82 bits per heavy atom. The maximum absolute atomic E-state index is 11.9. The van der Waals surface area contributed by atoms with E-state index < -0.39 is 23.1 Å². The summed E-state index contributed by atoms with van der Waals surface area (Å²) >= 11 is 0. The number of carbonyl (C=O) groups is 1. The average molecular weight is 239 g/mol. The fourth-order valence-electron chi connectivity index (χ4n) is 1.89. The zero-order valence-corrected chi connectivity index (χ0v) is 10.3. The van der Waals surface area contributed by atoms with Crippen molar-refractivity contribution in [2.24, 2.45) is 14.1 Å². The van der Waals surface area contributed by atoms with Crippen molar-refractivity contribution in [3.05, 3.63) is 32.1 Å². The van der Waals surface area contributed by atoms with Crippen LogP contribution in [0.5, 0.6) is 0 Å². The van der Waals surface area contributed by atoms with Gasteiger partial charge in [-0.25, -0.2) is 4.79 Å². The fourth-order valence-corrected chi connectivity index (χ4v) is 1.89. The molecule has 1 aromatic heterocycles. The minimum absolute atomic E-state index is 0.242. The monoisotopic (exact) mass is 239 g/mol. The van der Waals surface area contributed by atoms with E-state index in [2.05, 4.69) is 0 Å². The molecule has 17 heavy (non-hydrogen) atoms. The molecule has 1 heterocycles. The zero-order chi connectivity index (χ0) is 13.3. The molecule has 0 spiro atoms. The predicted molar refractivity (Wildman–Crippen MR) is 59.7 cm³/mol. The van der Waals surface area contributed by atoms with Crippen LogP contribution in [-0.4, -0.2) is 15.1 Å². The smallest absolute Gasteiger partial charge is 0.330 e. The normalized spacial score (nSPS) is 12.5. The quantitative estimate of drug-likeness (QED) is 0.652. The summed E-state index contributed by atoms with van der Waals surface area (Å²) in [6, 6.07) is 0. The second kappa shape index (κ2) is 4.57. The molecule has 0 saturated heterocycles. The summed E-state index contributed by atoms with van der Waals surface area (Å²) in [4.78, 5) is 34.1. The first-order valence-electron chi connectivity index (χ1n) is 5.23. The van der Waals surface area contributed by atoms with Crippen LogP contribution in [0.1, 0.15) is 30.5 Å². The van der Waals surface area contributed by atoms with Crippen LogP contribution >= 0.6 is 0 Å². The predicted octanol–water partition coefficient (Wildman–Crippen LogP) is -1.36. The molecule has 6 heteroatoms. The van der Waals surface area contributed by atoms with Crippen LogP contribution in [-0.2, 0) is 18.9 Å². The van der Waals surface area contributed by atoms with E-state index in [9.17, 15) is 19.5 Å². The van der Waals surface area contributed by atoms with Gasteiger partial charge in [-0.15, -0.1) is 0 Å². The first-order valence-corrected chi connectivity index (χ1v) is 5.23. The van der Waals surface area contributed by atoms with Crippen molar-refractivity contribution < 1.29 is 9.90 Å². The highest BCUT2D eigenvalue weighted by atomic mass is 16.4. The summed E-state index contributed by atoms with van der Waals surface area (Å²) in [6.07, 6.45) is -0.242. The molecular formula is C11H15N2O4-. The van der Waals surface area contributed by atoms with Crippen molar-refractivity contribution in [2.45, 2.75) is 26.2 Å². The van der Waals surface area contributed by atoms with Gasteiger partial charge >= 0.3 is 5.69 Å². The van der Waals surface area contributed by atoms with Crippen molar-refractivity contribution in [2.75, 3.05) is 0 Å². The van der Waals surface area contributed by atoms with Crippen molar-refractivity contribution in [3.8, 4) is 0 Å². The van der Waals surface area contributed by atoms with Gasteiger partial charge in [0.2, 0.25) is 0 Å². The lowest BCUT2D eigenvalue weighted by Crippen LogP contribution is -2.41. The van der Waals surface area contributed by atoms with Gasteiger partial charge in [0.05, 0.1) is 0 Å². The van der Waals surface area contributed by atoms with Crippen LogP contribution in [0.4, 0.5) is 0 Å². The Morgan fingerprint density at radius 1 is 1.29 bits per heavy atom. The standard InChI is InChI=1S/C11H16N2O4/c1-6(5-8(14)15)9-7(2)12(3)11(17)13(4)10(9)16/h6H,5H2,1-4H3,(H,14,15)/p-1/t6-/m0/s1. The van der Waals surface area contributed by atoms with Crippen LogP contribution in [0, 0.1) is 6.92 Å². The lowest BCUT2D eigenvalue weighted by Gasteiger charge is -2.17. The van der Waals surface area contributed by atoms with Gasteiger partial charge in [-0.2, -0.15) is 0 Å². The number of nitrogens with zero attached hydrogens (tertiary/aromatic N) is 2. The minimum atomic E-state index is -1.21. The van der Waals surface area contributed by atoms with Crippen LogP contribution in [0.15, 0.2) is 9.59 Å². The third-order valence-corrected chi connectivity index (χ3v) is 2.97. The average Bonchev–Trinajstić information content (AvgIpc) is 2.23. The van der Waals surface area contributed by atoms with Crippen LogP contribution < -0.4 is 16.4 Å². The Kier molecular flexibility index (Phi) is 3.55. The Balaban J connectivity index is 3.50. The molecule has 1 atom stereocenters. The van der Waals surface area contributed by atoms with E-state index in [1.807, 2.05) is 0 Å². The molecule has 1 rings (SSSR count). The zero-order valence-electron chi connectivity index (χ0n) is 10.3. The van der Waals surface area contributed by atoms with E-state index in [0.717, 1.165) is 4.57 Å². The Bertz CT molecular complexity index is 568. The van der Waals surface area contributed by atoms with E-state index in [1.165, 1.54) is 11.6 Å². The maximum atomic E-state index is 11.9. The summed E-state index contributed by atoms with van der Waals surface area (Å²) in [5.74, 6) is -1.70. The summed E-state index contributed by atoms with van der Waals surface area (Å²) in [5.41, 5.74) is -0.0260. The first-order chi connectivity index (χ1) is 7.77. The number of aliphatic carboxylic acids is 1. The number of rotatable bonds is 3. The summed E-state index contributed by atoms with van der Waals surface area (Å²) in [6.45, 7) is 3.26. The van der Waals surface area contributed by atoms with Gasteiger partial charge in [-0.3, -0.25) is 9.36 Å². The molecule has 6 nitrogen and oxygen atoms in total. The highest BCUT2D eigenvalue weighted by Gasteiger charge is 2.18. The van der Waals surface area contributed by atoms with Gasteiger partial charge in [0.15, 0.2) is 0 Å². The van der Waals surface area contributed by atoms with Gasteiger partial charge in [0, 0.05) is 31.3 Å². The van der Waals surface area contributed by atoms with Crippen molar-refractivity contribution in [1.82, 2.24) is 9.13 Å². The van der Waals surface area contributed by atoms with Crippen LogP contribution in [0.25, 0.3) is 0 Å². The van der Waals surface area contributed by atoms with Crippen LogP contribution in [0.3, 0.4) is 0 Å². The molecule has 0 amide bonds. The third-order valence-electron chi connectivity index (χ3n) is 2.97. The number of carboxylic acids is 1. The summed E-state index contributed by atoms with van der Waals surface area (Å²) in [5, 5.41) is 10.6. The van der Waals surface area contributed by atoms with E-state index in [1.54, 1.807) is 20.9 Å². The molecule has 0 fully saturated rings. The molecule has 0 aromatic carbocycles. The van der Waals surface area contributed by atoms with Crippen molar-refractivity contribution >= 4 is 5.97 Å². The third kappa shape index (κ3) is 2.30. The number of carbonyl (C=O) groups excluding carboxylic acids is 1. The molecule has 94 valence electrons.